The van der Waals surface area contributed by atoms with Crippen LogP contribution in [0.3, 0.4) is 0 Å². The van der Waals surface area contributed by atoms with Gasteiger partial charge in [-0.15, -0.1) is 0 Å². The second-order valence-corrected chi connectivity index (χ2v) is 4.67. The zero-order valence-electron chi connectivity index (χ0n) is 9.56. The highest BCUT2D eigenvalue weighted by Gasteiger charge is 2.43. The Balaban J connectivity index is 2.85. The number of Topliss-reactive ketones (excluding diaryl/α,β-unsaturated/α-hetero) is 1. The van der Waals surface area contributed by atoms with Crippen LogP contribution in [0.1, 0.15) is 25.7 Å². The van der Waals surface area contributed by atoms with Crippen molar-refractivity contribution in [1.29, 1.82) is 0 Å². The molecule has 1 fully saturated rings. The van der Waals surface area contributed by atoms with Crippen LogP contribution in [0.5, 0.6) is 0 Å². The molecule has 1 saturated carbocycles. The van der Waals surface area contributed by atoms with Gasteiger partial charge in [-0.3, -0.25) is 4.79 Å². The first kappa shape index (κ1) is 13.6. The van der Waals surface area contributed by atoms with E-state index in [-0.39, 0.29) is 17.1 Å². The Hall–Kier alpha value is -0.490. The summed E-state index contributed by atoms with van der Waals surface area (Å²) in [5.74, 6) is -0.614. The Kier molecular flexibility index (Phi) is 4.86. The molecular weight excluding hydrogens is 208 g/mol. The molecule has 0 aromatic heterocycles. The summed E-state index contributed by atoms with van der Waals surface area (Å²) in [6.45, 7) is 0.191. The number of carbonyl (C=O) groups excluding carboxylic acids is 1. The molecule has 94 valence electrons. The fourth-order valence-electron chi connectivity index (χ4n) is 2.64. The Bertz CT molecular complexity index is 241. The molecule has 2 unspecified atom stereocenters. The second kappa shape index (κ2) is 5.72. The van der Waals surface area contributed by atoms with Gasteiger partial charge in [-0.25, -0.2) is 0 Å². The Morgan fingerprint density at radius 1 is 1.38 bits per heavy atom. The summed E-state index contributed by atoms with van der Waals surface area (Å²) in [6.07, 6.45) is 2.23. The minimum Gasteiger partial charge on any atom is -0.393 e. The monoisotopic (exact) mass is 230 g/mol. The highest BCUT2D eigenvalue weighted by atomic mass is 16.3. The Labute approximate surface area is 95.8 Å². The third-order valence-electron chi connectivity index (χ3n) is 3.81. The van der Waals surface area contributed by atoms with Gasteiger partial charge in [0.2, 0.25) is 0 Å². The van der Waals surface area contributed by atoms with E-state index in [1.807, 2.05) is 0 Å². The van der Waals surface area contributed by atoms with Crippen molar-refractivity contribution in [3.8, 4) is 0 Å². The molecule has 0 aromatic rings. The lowest BCUT2D eigenvalue weighted by molar-refractivity contribution is -0.139. The van der Waals surface area contributed by atoms with Gasteiger partial charge in [0.15, 0.2) is 5.78 Å². The summed E-state index contributed by atoms with van der Waals surface area (Å²) < 4.78 is 0. The van der Waals surface area contributed by atoms with Crippen LogP contribution in [0.4, 0.5) is 0 Å². The minimum atomic E-state index is -1.29. The Morgan fingerprint density at radius 3 is 2.50 bits per heavy atom. The van der Waals surface area contributed by atoms with E-state index in [9.17, 15) is 9.90 Å². The quantitative estimate of drug-likeness (QED) is 0.484. The molecule has 0 bridgehead atoms. The van der Waals surface area contributed by atoms with Gasteiger partial charge in [-0.2, -0.15) is 0 Å². The topological polar surface area (TPSA) is 110 Å². The van der Waals surface area contributed by atoms with Crippen molar-refractivity contribution in [2.45, 2.75) is 31.8 Å². The first-order chi connectivity index (χ1) is 7.61. The minimum absolute atomic E-state index is 0.307. The van der Waals surface area contributed by atoms with Crippen LogP contribution in [-0.4, -0.2) is 41.8 Å². The summed E-state index contributed by atoms with van der Waals surface area (Å²) in [7, 11) is 0. The standard InChI is InChI=1S/C11H22N2O3/c12-6-11(7-13)4-2-1-3-8(11)10(16)9(15)5-14/h8-9,14-15H,1-7,12-13H2. The normalized spacial score (nSPS) is 26.4. The third kappa shape index (κ3) is 2.43. The second-order valence-electron chi connectivity index (χ2n) is 4.67. The van der Waals surface area contributed by atoms with Gasteiger partial charge < -0.3 is 21.7 Å². The van der Waals surface area contributed by atoms with E-state index < -0.39 is 12.7 Å². The Morgan fingerprint density at radius 2 is 2.00 bits per heavy atom. The highest BCUT2D eigenvalue weighted by molar-refractivity contribution is 5.86. The van der Waals surface area contributed by atoms with E-state index in [2.05, 4.69) is 0 Å². The van der Waals surface area contributed by atoms with Crippen molar-refractivity contribution < 1.29 is 15.0 Å². The van der Waals surface area contributed by atoms with Crippen LogP contribution in [0.25, 0.3) is 0 Å². The number of ketones is 1. The number of hydrogen-bond donors (Lipinski definition) is 4. The summed E-state index contributed by atoms with van der Waals surface area (Å²) in [5.41, 5.74) is 11.1. The number of carbonyl (C=O) groups is 1. The number of aliphatic hydroxyl groups is 2. The van der Waals surface area contributed by atoms with Crippen molar-refractivity contribution >= 4 is 5.78 Å². The summed E-state index contributed by atoms with van der Waals surface area (Å²) >= 11 is 0. The smallest absolute Gasteiger partial charge is 0.167 e. The molecule has 1 rings (SSSR count). The van der Waals surface area contributed by atoms with E-state index in [0.29, 0.717) is 19.5 Å². The van der Waals surface area contributed by atoms with E-state index >= 15 is 0 Å². The fraction of sp³-hybridized carbons (Fsp3) is 0.909. The lowest BCUT2D eigenvalue weighted by Gasteiger charge is -2.42. The molecule has 0 spiro atoms. The maximum Gasteiger partial charge on any atom is 0.167 e. The van der Waals surface area contributed by atoms with Gasteiger partial charge in [0.05, 0.1) is 6.61 Å². The molecule has 1 aliphatic carbocycles. The first-order valence-electron chi connectivity index (χ1n) is 5.84. The van der Waals surface area contributed by atoms with Gasteiger partial charge in [0.1, 0.15) is 6.10 Å². The average Bonchev–Trinajstić information content (AvgIpc) is 2.36. The van der Waals surface area contributed by atoms with Gasteiger partial charge in [-0.05, 0) is 25.9 Å². The van der Waals surface area contributed by atoms with Gasteiger partial charge in [0.25, 0.3) is 0 Å². The zero-order chi connectivity index (χ0) is 12.2. The summed E-state index contributed by atoms with van der Waals surface area (Å²) in [6, 6.07) is 0. The molecule has 6 N–H and O–H groups in total. The van der Waals surface area contributed by atoms with Crippen LogP contribution >= 0.6 is 0 Å². The molecule has 1 aliphatic rings. The number of nitrogens with two attached hydrogens (primary N) is 2. The summed E-state index contributed by atoms with van der Waals surface area (Å²) in [4.78, 5) is 11.9. The molecule has 0 heterocycles. The number of hydrogen-bond acceptors (Lipinski definition) is 5. The molecule has 0 radical (unpaired) electrons. The summed E-state index contributed by atoms with van der Waals surface area (Å²) in [5, 5.41) is 18.2. The molecule has 2 atom stereocenters. The number of rotatable bonds is 5. The first-order valence-corrected chi connectivity index (χ1v) is 5.84. The molecule has 0 aliphatic heterocycles. The maximum absolute atomic E-state index is 11.9. The van der Waals surface area contributed by atoms with Crippen molar-refractivity contribution in [3.05, 3.63) is 0 Å². The van der Waals surface area contributed by atoms with Crippen LogP contribution in [0.2, 0.25) is 0 Å². The molecule has 5 nitrogen and oxygen atoms in total. The predicted octanol–water partition coefficient (Wildman–Crippen LogP) is -0.997. The number of aliphatic hydroxyl groups excluding tert-OH is 2. The molecule has 0 amide bonds. The lowest BCUT2D eigenvalue weighted by Crippen LogP contribution is -2.51. The van der Waals surface area contributed by atoms with Crippen molar-refractivity contribution in [2.75, 3.05) is 19.7 Å². The van der Waals surface area contributed by atoms with Gasteiger partial charge in [-0.1, -0.05) is 12.8 Å². The third-order valence-corrected chi connectivity index (χ3v) is 3.81. The van der Waals surface area contributed by atoms with E-state index in [0.717, 1.165) is 19.3 Å². The molecule has 5 heteroatoms. The zero-order valence-corrected chi connectivity index (χ0v) is 9.56. The fourth-order valence-corrected chi connectivity index (χ4v) is 2.64. The molecule has 0 aromatic carbocycles. The van der Waals surface area contributed by atoms with E-state index in [1.165, 1.54) is 0 Å². The van der Waals surface area contributed by atoms with E-state index in [1.54, 1.807) is 0 Å². The van der Waals surface area contributed by atoms with Crippen LogP contribution in [0.15, 0.2) is 0 Å². The van der Waals surface area contributed by atoms with Crippen LogP contribution in [0, 0.1) is 11.3 Å². The van der Waals surface area contributed by atoms with Crippen molar-refractivity contribution in [3.63, 3.8) is 0 Å². The van der Waals surface area contributed by atoms with Crippen LogP contribution < -0.4 is 11.5 Å². The lowest BCUT2D eigenvalue weighted by atomic mass is 9.64. The van der Waals surface area contributed by atoms with Crippen LogP contribution in [-0.2, 0) is 4.79 Å². The SMILES string of the molecule is NCC1(CN)CCCCC1C(=O)C(O)CO. The van der Waals surface area contributed by atoms with Crippen molar-refractivity contribution in [2.24, 2.45) is 22.8 Å². The predicted molar refractivity (Wildman–Crippen MR) is 60.6 cm³/mol. The average molecular weight is 230 g/mol. The maximum atomic E-state index is 11.9. The van der Waals surface area contributed by atoms with E-state index in [4.69, 9.17) is 16.6 Å². The molecule has 0 saturated heterocycles. The van der Waals surface area contributed by atoms with Crippen molar-refractivity contribution in [1.82, 2.24) is 0 Å². The largest absolute Gasteiger partial charge is 0.393 e. The van der Waals surface area contributed by atoms with Gasteiger partial charge >= 0.3 is 0 Å². The molecular formula is C11H22N2O3. The van der Waals surface area contributed by atoms with Gasteiger partial charge in [0, 0.05) is 11.3 Å². The molecule has 16 heavy (non-hydrogen) atoms. The highest BCUT2D eigenvalue weighted by Crippen LogP contribution is 2.40.